The van der Waals surface area contributed by atoms with E-state index in [1.807, 2.05) is 0 Å². The van der Waals surface area contributed by atoms with Gasteiger partial charge in [-0.3, -0.25) is 0 Å². The Hall–Kier alpha value is 0.327. The molecule has 0 aliphatic heterocycles. The van der Waals surface area contributed by atoms with Crippen LogP contribution in [0.3, 0.4) is 0 Å². The predicted octanol–water partition coefficient (Wildman–Crippen LogP) is -1.16. The van der Waals surface area contributed by atoms with Gasteiger partial charge in [-0.2, -0.15) is 19.5 Å². The molecule has 5 heteroatoms. The highest BCUT2D eigenvalue weighted by atomic mass is 35.6. The lowest BCUT2D eigenvalue weighted by atomic mass is 15.9. The highest BCUT2D eigenvalue weighted by Gasteiger charge is 1.12. The third-order valence-corrected chi connectivity index (χ3v) is 0. The molecule has 0 rings (SSSR count). The second kappa shape index (κ2) is 27.2. The lowest BCUT2D eigenvalue weighted by Gasteiger charge is -1.05. The zero-order valence-corrected chi connectivity index (χ0v) is 6.18. The molecule has 5 heavy (non-hydrogen) atoms. The molecule has 0 aliphatic carbocycles. The summed E-state index contributed by atoms with van der Waals surface area (Å²) in [6.45, 7) is 0. The van der Waals surface area contributed by atoms with E-state index in [-0.39, 0.29) is 0 Å². The second-order valence-electron chi connectivity index (χ2n) is 0.0680. The van der Waals surface area contributed by atoms with Gasteiger partial charge in [-0.25, -0.2) is 0 Å². The third kappa shape index (κ3) is 219. The van der Waals surface area contributed by atoms with Gasteiger partial charge >= 0.3 is 11.6 Å². The van der Waals surface area contributed by atoms with E-state index in [4.69, 9.17) is 19.5 Å². The largest absolute Gasteiger partial charge is 0.335 e. The lowest BCUT2D eigenvalue weighted by molar-refractivity contribution is 0.630. The number of hydrogen-bond donors (Lipinski definition) is 0. The van der Waals surface area contributed by atoms with Crippen LogP contribution in [0.5, 0.6) is 0 Å². The molecular formula is H3ClO2SSi. The fourth-order valence-corrected chi connectivity index (χ4v) is 0. The number of hydrogen-bond acceptors (Lipinski definition) is 2. The highest BCUT2D eigenvalue weighted by Crippen LogP contribution is 1.29. The Morgan fingerprint density at radius 2 is 1.40 bits per heavy atom. The SMILES string of the molecule is O=S=O.[SiH3]Cl. The van der Waals surface area contributed by atoms with Crippen molar-refractivity contribution in [3.63, 3.8) is 0 Å². The van der Waals surface area contributed by atoms with Crippen molar-refractivity contribution in [3.05, 3.63) is 0 Å². The first kappa shape index (κ1) is 9.01. The summed E-state index contributed by atoms with van der Waals surface area (Å²) < 4.78 is 16.6. The third-order valence-electron chi connectivity index (χ3n) is 0. The van der Waals surface area contributed by atoms with Gasteiger partial charge in [0.2, 0.25) is 0 Å². The van der Waals surface area contributed by atoms with Crippen LogP contribution in [0.1, 0.15) is 0 Å². The van der Waals surface area contributed by atoms with Crippen LogP contribution in [0.15, 0.2) is 0 Å². The van der Waals surface area contributed by atoms with Crippen LogP contribution in [0, 0.1) is 0 Å². The second-order valence-corrected chi connectivity index (χ2v) is 0.204. The van der Waals surface area contributed by atoms with Gasteiger partial charge in [-0.1, -0.05) is 0 Å². The molecule has 0 spiro atoms. The van der Waals surface area contributed by atoms with Crippen LogP contribution in [-0.4, -0.2) is 18.0 Å². The van der Waals surface area contributed by atoms with E-state index in [2.05, 4.69) is 0 Å². The van der Waals surface area contributed by atoms with Gasteiger partial charge in [0, 0.05) is 0 Å². The Morgan fingerprint density at radius 1 is 1.40 bits per heavy atom. The van der Waals surface area contributed by atoms with Crippen LogP contribution < -0.4 is 0 Å². The Morgan fingerprint density at radius 3 is 1.40 bits per heavy atom. The fourth-order valence-electron chi connectivity index (χ4n) is 0. The summed E-state index contributed by atoms with van der Waals surface area (Å²) in [6, 6.07) is 0. The molecule has 0 atom stereocenters. The predicted molar refractivity (Wildman–Crippen MR) is 24.7 cm³/mol. The minimum atomic E-state index is -0.750. The van der Waals surface area contributed by atoms with Crippen LogP contribution >= 0.6 is 11.1 Å². The highest BCUT2D eigenvalue weighted by molar-refractivity contribution is 7.51. The molecule has 0 saturated carbocycles. The van der Waals surface area contributed by atoms with E-state index < -0.39 is 11.6 Å². The first-order valence-electron chi connectivity index (χ1n) is 0.711. The Labute approximate surface area is 41.2 Å². The van der Waals surface area contributed by atoms with Crippen molar-refractivity contribution in [2.75, 3.05) is 0 Å². The quantitative estimate of drug-likeness (QED) is 0.306. The van der Waals surface area contributed by atoms with Crippen molar-refractivity contribution >= 4 is 32.2 Å². The van der Waals surface area contributed by atoms with Gasteiger partial charge in [-0.05, 0) is 0 Å². The molecular weight excluding hydrogens is 128 g/mol. The summed E-state index contributed by atoms with van der Waals surface area (Å²) in [5, 5.41) is 0. The van der Waals surface area contributed by atoms with Gasteiger partial charge in [0.05, 0.1) is 0 Å². The fraction of sp³-hybridized carbons (Fsp3) is 0. The minimum absolute atomic E-state index is 0.750. The summed E-state index contributed by atoms with van der Waals surface area (Å²) in [5.41, 5.74) is 0. The molecule has 0 aliphatic rings. The molecule has 32 valence electrons. The van der Waals surface area contributed by atoms with E-state index in [0.717, 1.165) is 9.55 Å². The van der Waals surface area contributed by atoms with Crippen LogP contribution in [-0.2, 0) is 11.6 Å². The molecule has 0 unspecified atom stereocenters. The first-order valence-corrected chi connectivity index (χ1v) is 4.40. The van der Waals surface area contributed by atoms with Crippen LogP contribution in [0.4, 0.5) is 0 Å². The number of halogens is 1. The van der Waals surface area contributed by atoms with Crippen molar-refractivity contribution in [3.8, 4) is 0 Å². The molecule has 0 saturated heterocycles. The van der Waals surface area contributed by atoms with Gasteiger partial charge in [0.1, 0.15) is 9.55 Å². The monoisotopic (exact) mass is 130 g/mol. The van der Waals surface area contributed by atoms with E-state index >= 15 is 0 Å². The molecule has 0 radical (unpaired) electrons. The van der Waals surface area contributed by atoms with E-state index in [0.29, 0.717) is 0 Å². The standard InChI is InChI=1S/ClH3Si.O2S/c1-2;1-3-2/h2H3;. The molecule has 0 aromatic rings. The molecule has 2 nitrogen and oxygen atoms in total. The van der Waals surface area contributed by atoms with E-state index in [1.165, 1.54) is 0 Å². The van der Waals surface area contributed by atoms with Crippen LogP contribution in [0.25, 0.3) is 0 Å². The molecule has 0 aromatic carbocycles. The maximum Gasteiger partial charge on any atom is 0.335 e. The Bertz CT molecular complexity index is 30.6. The molecule has 0 N–H and O–H groups in total. The topological polar surface area (TPSA) is 34.1 Å². The average molecular weight is 131 g/mol. The van der Waals surface area contributed by atoms with Crippen molar-refractivity contribution in [1.82, 2.24) is 0 Å². The summed E-state index contributed by atoms with van der Waals surface area (Å²) in [6.07, 6.45) is 0. The van der Waals surface area contributed by atoms with E-state index in [1.54, 1.807) is 0 Å². The zero-order valence-electron chi connectivity index (χ0n) is 2.60. The Kier molecular flexibility index (Phi) is 49.0. The van der Waals surface area contributed by atoms with Gasteiger partial charge < -0.3 is 0 Å². The summed E-state index contributed by atoms with van der Waals surface area (Å²) in [7, 11) is 0.778. The van der Waals surface area contributed by atoms with E-state index in [9.17, 15) is 0 Å². The summed E-state index contributed by atoms with van der Waals surface area (Å²) in [5.74, 6) is 0. The maximum absolute atomic E-state index is 8.29. The molecule has 0 aromatic heterocycles. The normalized spacial score (nSPS) is 4.20. The van der Waals surface area contributed by atoms with Crippen molar-refractivity contribution in [2.45, 2.75) is 0 Å². The zero-order chi connectivity index (χ0) is 4.71. The molecule has 0 bridgehead atoms. The summed E-state index contributed by atoms with van der Waals surface area (Å²) >= 11 is 4.03. The van der Waals surface area contributed by atoms with Crippen LogP contribution in [0.2, 0.25) is 0 Å². The molecule has 0 fully saturated rings. The Balaban J connectivity index is 0. The molecule has 0 heterocycles. The van der Waals surface area contributed by atoms with Gasteiger partial charge in [0.25, 0.3) is 0 Å². The smallest absolute Gasteiger partial charge is 0.181 e. The number of rotatable bonds is 0. The maximum atomic E-state index is 8.29. The van der Waals surface area contributed by atoms with Crippen molar-refractivity contribution < 1.29 is 8.42 Å². The summed E-state index contributed by atoms with van der Waals surface area (Å²) in [4.78, 5) is 0. The van der Waals surface area contributed by atoms with Gasteiger partial charge in [-0.15, -0.1) is 0 Å². The lowest BCUT2D eigenvalue weighted by Crippen LogP contribution is -1.18. The average Bonchev–Trinajstić information content (AvgIpc) is 1.46. The van der Waals surface area contributed by atoms with Crippen molar-refractivity contribution in [2.24, 2.45) is 0 Å². The minimum Gasteiger partial charge on any atom is -0.181 e. The molecule has 0 amide bonds. The first-order chi connectivity index (χ1) is 2.41. The van der Waals surface area contributed by atoms with Crippen molar-refractivity contribution in [1.29, 1.82) is 0 Å². The van der Waals surface area contributed by atoms with Gasteiger partial charge in [0.15, 0.2) is 0 Å².